The predicted octanol–water partition coefficient (Wildman–Crippen LogP) is 2.68. The maximum atomic E-state index is 5.74. The number of rotatable bonds is 1. The second-order valence-electron chi connectivity index (χ2n) is 3.35. The van der Waals surface area contributed by atoms with Crippen LogP contribution >= 0.6 is 0 Å². The molecule has 0 aliphatic carbocycles. The second-order valence-corrected chi connectivity index (χ2v) is 5.74. The van der Waals surface area contributed by atoms with E-state index in [0.29, 0.717) is 0 Å². The van der Waals surface area contributed by atoms with Crippen molar-refractivity contribution in [2.24, 2.45) is 0 Å². The highest BCUT2D eigenvalue weighted by Crippen LogP contribution is 2.18. The van der Waals surface area contributed by atoms with Gasteiger partial charge in [0.05, 0.1) is 0 Å². The molecule has 0 saturated carbocycles. The van der Waals surface area contributed by atoms with Crippen LogP contribution in [0.2, 0.25) is 6.04 Å². The molecule has 0 bridgehead atoms. The Bertz CT molecular complexity index is 153. The van der Waals surface area contributed by atoms with Crippen LogP contribution in [0.4, 0.5) is 0 Å². The van der Waals surface area contributed by atoms with Crippen molar-refractivity contribution in [2.75, 3.05) is 6.61 Å². The zero-order valence-electron chi connectivity index (χ0n) is 7.74. The highest BCUT2D eigenvalue weighted by molar-refractivity contribution is 6.60. The first-order chi connectivity index (χ1) is 5.22. The van der Waals surface area contributed by atoms with Gasteiger partial charge < -0.3 is 4.43 Å². The van der Waals surface area contributed by atoms with Crippen molar-refractivity contribution in [1.29, 1.82) is 0 Å². The van der Waals surface area contributed by atoms with Crippen LogP contribution in [0.5, 0.6) is 0 Å². The molecule has 0 aromatic rings. The Kier molecular flexibility index (Phi) is 3.33. The van der Waals surface area contributed by atoms with Crippen LogP contribution in [0.1, 0.15) is 33.6 Å². The normalized spacial score (nSPS) is 19.9. The molecule has 0 unspecified atom stereocenters. The lowest BCUT2D eigenvalue weighted by Gasteiger charge is -2.21. The van der Waals surface area contributed by atoms with Gasteiger partial charge in [-0.2, -0.15) is 0 Å². The third-order valence-electron chi connectivity index (χ3n) is 2.24. The molecule has 11 heavy (non-hydrogen) atoms. The van der Waals surface area contributed by atoms with Gasteiger partial charge in [0.2, 0.25) is 9.04 Å². The molecule has 1 fully saturated rings. The van der Waals surface area contributed by atoms with Crippen molar-refractivity contribution in [3.8, 4) is 0 Å². The number of hydrogen-bond acceptors (Lipinski definition) is 1. The summed E-state index contributed by atoms with van der Waals surface area (Å²) < 4.78 is 5.74. The van der Waals surface area contributed by atoms with Gasteiger partial charge in [0.1, 0.15) is 0 Å². The molecule has 1 heterocycles. The molecule has 1 radical (unpaired) electrons. The van der Waals surface area contributed by atoms with E-state index in [2.05, 4.69) is 20.8 Å². The Labute approximate surface area is 71.2 Å². The molecule has 1 nitrogen and oxygen atoms in total. The first-order valence-corrected chi connectivity index (χ1v) is 5.96. The van der Waals surface area contributed by atoms with Crippen LogP contribution < -0.4 is 0 Å². The molecule has 2 heteroatoms. The molecule has 1 aliphatic heterocycles. The first-order valence-electron chi connectivity index (χ1n) is 4.35. The minimum atomic E-state index is -0.546. The van der Waals surface area contributed by atoms with E-state index in [1.54, 1.807) is 0 Å². The van der Waals surface area contributed by atoms with Gasteiger partial charge in [-0.1, -0.05) is 17.2 Å². The summed E-state index contributed by atoms with van der Waals surface area (Å²) in [7, 11) is -0.546. The molecule has 0 amide bonds. The predicted molar refractivity (Wildman–Crippen MR) is 49.8 cm³/mol. The third-order valence-corrected chi connectivity index (χ3v) is 4.94. The number of hydrogen-bond donors (Lipinski definition) is 0. The molecular formula is C9H17OSi. The number of allylic oxidation sites excluding steroid dienone is 2. The summed E-state index contributed by atoms with van der Waals surface area (Å²) in [4.78, 5) is 0. The van der Waals surface area contributed by atoms with Gasteiger partial charge in [0, 0.05) is 6.61 Å². The van der Waals surface area contributed by atoms with E-state index in [-0.39, 0.29) is 0 Å². The van der Waals surface area contributed by atoms with E-state index < -0.39 is 9.04 Å². The molecule has 63 valence electrons. The fourth-order valence-electron chi connectivity index (χ4n) is 1.23. The van der Waals surface area contributed by atoms with Crippen LogP contribution in [0, 0.1) is 0 Å². The van der Waals surface area contributed by atoms with Gasteiger partial charge in [-0.15, -0.1) is 0 Å². The summed E-state index contributed by atoms with van der Waals surface area (Å²) in [6.45, 7) is 7.60. The molecule has 0 N–H and O–H groups in total. The summed E-state index contributed by atoms with van der Waals surface area (Å²) in [6, 6.07) is 1.32. The van der Waals surface area contributed by atoms with Crippen LogP contribution in [-0.4, -0.2) is 15.6 Å². The summed E-state index contributed by atoms with van der Waals surface area (Å²) >= 11 is 0. The Hall–Kier alpha value is -0.0831. The fourth-order valence-corrected chi connectivity index (χ4v) is 3.49. The Balaban J connectivity index is 2.52. The Morgan fingerprint density at radius 1 is 1.18 bits per heavy atom. The Morgan fingerprint density at radius 2 is 1.91 bits per heavy atom. The van der Waals surface area contributed by atoms with Crippen LogP contribution in [0.25, 0.3) is 0 Å². The van der Waals surface area contributed by atoms with E-state index in [1.807, 2.05) is 0 Å². The minimum Gasteiger partial charge on any atom is -0.412 e. The molecule has 1 rings (SSSR count). The largest absolute Gasteiger partial charge is 0.412 e. The van der Waals surface area contributed by atoms with Gasteiger partial charge in [-0.05, 0) is 33.2 Å². The third kappa shape index (κ3) is 2.45. The minimum absolute atomic E-state index is 0.546. The van der Waals surface area contributed by atoms with Crippen molar-refractivity contribution >= 4 is 9.04 Å². The molecule has 1 saturated heterocycles. The summed E-state index contributed by atoms with van der Waals surface area (Å²) in [6.07, 6.45) is 2.64. The average molecular weight is 169 g/mol. The first kappa shape index (κ1) is 9.01. The van der Waals surface area contributed by atoms with E-state index in [4.69, 9.17) is 4.43 Å². The highest BCUT2D eigenvalue weighted by atomic mass is 28.3. The summed E-state index contributed by atoms with van der Waals surface area (Å²) in [5.74, 6) is 0. The maximum absolute atomic E-state index is 5.74. The molecule has 0 aromatic heterocycles. The van der Waals surface area contributed by atoms with Gasteiger partial charge in [0.25, 0.3) is 0 Å². The maximum Gasteiger partial charge on any atom is 0.242 e. The molecule has 0 atom stereocenters. The van der Waals surface area contributed by atoms with Crippen LogP contribution in [0.3, 0.4) is 0 Å². The van der Waals surface area contributed by atoms with Crippen molar-refractivity contribution in [3.63, 3.8) is 0 Å². The lowest BCUT2D eigenvalue weighted by molar-refractivity contribution is 0.291. The Morgan fingerprint density at radius 3 is 2.36 bits per heavy atom. The zero-order chi connectivity index (χ0) is 8.27. The van der Waals surface area contributed by atoms with Gasteiger partial charge in [0.15, 0.2) is 0 Å². The lowest BCUT2D eigenvalue weighted by atomic mass is 10.3. The van der Waals surface area contributed by atoms with Crippen molar-refractivity contribution in [1.82, 2.24) is 0 Å². The molecule has 0 spiro atoms. The van der Waals surface area contributed by atoms with Crippen molar-refractivity contribution < 1.29 is 4.43 Å². The van der Waals surface area contributed by atoms with E-state index in [1.165, 1.54) is 29.7 Å². The van der Waals surface area contributed by atoms with Crippen molar-refractivity contribution in [2.45, 2.75) is 39.7 Å². The van der Waals surface area contributed by atoms with Crippen molar-refractivity contribution in [3.05, 3.63) is 10.8 Å². The smallest absolute Gasteiger partial charge is 0.242 e. The summed E-state index contributed by atoms with van der Waals surface area (Å²) in [5, 5.41) is 1.54. The monoisotopic (exact) mass is 169 g/mol. The van der Waals surface area contributed by atoms with E-state index in [0.717, 1.165) is 6.61 Å². The van der Waals surface area contributed by atoms with Gasteiger partial charge >= 0.3 is 0 Å². The molecular weight excluding hydrogens is 152 g/mol. The highest BCUT2D eigenvalue weighted by Gasteiger charge is 2.19. The van der Waals surface area contributed by atoms with E-state index >= 15 is 0 Å². The summed E-state index contributed by atoms with van der Waals surface area (Å²) in [5.41, 5.74) is 1.46. The zero-order valence-corrected chi connectivity index (χ0v) is 8.74. The standard InChI is InChI=1S/C9H17OSi/c1-8(2)9(3)11-7-5-4-6-10-11/h4-7H2,1-3H3. The quantitative estimate of drug-likeness (QED) is 0.548. The van der Waals surface area contributed by atoms with Crippen LogP contribution in [0.15, 0.2) is 10.8 Å². The second kappa shape index (κ2) is 4.07. The topological polar surface area (TPSA) is 9.23 Å². The van der Waals surface area contributed by atoms with Gasteiger partial charge in [-0.3, -0.25) is 0 Å². The molecule has 1 aliphatic rings. The fraction of sp³-hybridized carbons (Fsp3) is 0.778. The lowest BCUT2D eigenvalue weighted by Crippen LogP contribution is -2.25. The average Bonchev–Trinajstić information content (AvgIpc) is 2.05. The van der Waals surface area contributed by atoms with Gasteiger partial charge in [-0.25, -0.2) is 0 Å². The van der Waals surface area contributed by atoms with E-state index in [9.17, 15) is 0 Å². The SMILES string of the molecule is CC(C)=C(C)[Si]1CCCCO1. The molecule has 0 aromatic carbocycles. The van der Waals surface area contributed by atoms with Crippen LogP contribution in [-0.2, 0) is 4.43 Å².